The number of urea groups is 1. The second-order valence-electron chi connectivity index (χ2n) is 29.6. The minimum absolute atomic E-state index is 0.0319. The summed E-state index contributed by atoms with van der Waals surface area (Å²) < 4.78 is 86.4. The van der Waals surface area contributed by atoms with E-state index in [4.69, 9.17) is 71.1 Å². The minimum Gasteiger partial charge on any atom is -0.394 e. The number of ether oxygens (including phenoxy) is 15. The van der Waals surface area contributed by atoms with Crippen LogP contribution in [0.2, 0.25) is 0 Å². The highest BCUT2D eigenvalue weighted by Crippen LogP contribution is 2.39. The Labute approximate surface area is 672 Å². The van der Waals surface area contributed by atoms with Crippen molar-refractivity contribution in [3.63, 3.8) is 0 Å². The molecule has 116 heavy (non-hydrogen) atoms. The molecule has 0 unspecified atom stereocenters. The van der Waals surface area contributed by atoms with Gasteiger partial charge >= 0.3 is 6.03 Å². The molecule has 8 fully saturated rings. The van der Waals surface area contributed by atoms with Crippen LogP contribution in [0.5, 0.6) is 0 Å². The van der Waals surface area contributed by atoms with Crippen LogP contribution in [0.4, 0.5) is 4.79 Å². The highest BCUT2D eigenvalue weighted by atomic mass is 32.2. The fourth-order valence-corrected chi connectivity index (χ4v) is 16.1. The van der Waals surface area contributed by atoms with Gasteiger partial charge in [-0.2, -0.15) is 11.8 Å². The van der Waals surface area contributed by atoms with Gasteiger partial charge in [0.25, 0.3) is 0 Å². The highest BCUT2D eigenvalue weighted by Gasteiger charge is 2.59. The first kappa shape index (κ1) is 97.1. The summed E-state index contributed by atoms with van der Waals surface area (Å²) in [6.07, 6.45) is -49.0. The molecule has 0 spiro atoms. The average Bonchev–Trinajstić information content (AvgIpc) is 1.15. The van der Waals surface area contributed by atoms with Gasteiger partial charge in [0.2, 0.25) is 29.5 Å². The molecule has 34 atom stereocenters. The van der Waals surface area contributed by atoms with Crippen LogP contribution >= 0.6 is 11.8 Å². The fraction of sp³-hybridized carbons (Fsp3) is 0.914. The number of carbonyl (C=O) groups is 6. The molecule has 8 aliphatic rings. The Balaban J connectivity index is 0.713. The second kappa shape index (κ2) is 48.5. The Morgan fingerprint density at radius 1 is 0.440 bits per heavy atom. The number of hydrogen-bond acceptors (Lipinski definition) is 39. The maximum absolute atomic E-state index is 13.1. The summed E-state index contributed by atoms with van der Waals surface area (Å²) in [4.78, 5) is 74.2. The Morgan fingerprint density at radius 3 is 1.59 bits per heavy atom. The number of hydrogen-bond donors (Lipinski definition) is 24. The number of fused-ring (bicyclic) bond motifs is 1. The maximum Gasteiger partial charge on any atom is 0.315 e. The zero-order chi connectivity index (χ0) is 84.4. The summed E-state index contributed by atoms with van der Waals surface area (Å²) >= 11 is 1.86. The summed E-state index contributed by atoms with van der Waals surface area (Å²) in [6, 6.07) is -2.43. The van der Waals surface area contributed by atoms with Gasteiger partial charge in [-0.3, -0.25) is 24.0 Å². The van der Waals surface area contributed by atoms with Crippen LogP contribution in [-0.2, 0) is 95.0 Å². The summed E-state index contributed by atoms with van der Waals surface area (Å²) in [6.45, 7) is 1.17. The number of thioether (sulfide) groups is 1. The van der Waals surface area contributed by atoms with Crippen LogP contribution in [0.15, 0.2) is 0 Å². The summed E-state index contributed by atoms with van der Waals surface area (Å²) in [5.74, 6) is -1.09. The molecule has 8 heterocycles. The second-order valence-corrected chi connectivity index (χ2v) is 30.9. The Hall–Kier alpha value is -4.31. The lowest BCUT2D eigenvalue weighted by Crippen LogP contribution is -2.70. The largest absolute Gasteiger partial charge is 0.394 e. The molecule has 8 saturated heterocycles. The normalized spacial score (nSPS) is 38.8. The monoisotopic (exact) mass is 1700 g/mol. The Bertz CT molecular complexity index is 2960. The van der Waals surface area contributed by atoms with Gasteiger partial charge < -0.3 is 195 Å². The van der Waals surface area contributed by atoms with E-state index >= 15 is 0 Å². The molecule has 8 aliphatic heterocycles. The van der Waals surface area contributed by atoms with E-state index in [0.717, 1.165) is 31.9 Å². The number of rotatable bonds is 47. The lowest BCUT2D eigenvalue weighted by atomic mass is 9.94. The highest BCUT2D eigenvalue weighted by molar-refractivity contribution is 8.00. The molecule has 24 N–H and O–H groups in total. The molecule has 0 saturated carbocycles. The van der Waals surface area contributed by atoms with E-state index < -0.39 is 241 Å². The number of unbranched alkanes of at least 4 members (excludes halogenated alkanes) is 4. The zero-order valence-electron chi connectivity index (χ0n) is 64.8. The molecule has 0 aromatic rings. The van der Waals surface area contributed by atoms with Crippen molar-refractivity contribution in [3.05, 3.63) is 0 Å². The van der Waals surface area contributed by atoms with Crippen LogP contribution < -0.4 is 37.2 Å². The lowest BCUT2D eigenvalue weighted by molar-refractivity contribution is -0.393. The minimum atomic E-state index is -2.26. The summed E-state index contributed by atoms with van der Waals surface area (Å²) in [7, 11) is 0. The van der Waals surface area contributed by atoms with Gasteiger partial charge in [0, 0.05) is 63.9 Å². The van der Waals surface area contributed by atoms with E-state index in [1.807, 2.05) is 11.8 Å². The van der Waals surface area contributed by atoms with Gasteiger partial charge in [0.15, 0.2) is 37.7 Å². The molecule has 670 valence electrons. The quantitative estimate of drug-likeness (QED) is 0.0199. The molecular weight excluding hydrogens is 1580 g/mol. The number of carbonyl (C=O) groups excluding carboxylic acids is 6. The van der Waals surface area contributed by atoms with Gasteiger partial charge in [-0.25, -0.2) is 4.79 Å². The Kier molecular flexibility index (Phi) is 40.6. The van der Waals surface area contributed by atoms with Crippen LogP contribution in [0, 0.1) is 0 Å². The van der Waals surface area contributed by atoms with Crippen LogP contribution in [-0.4, -0.2) is 435 Å². The van der Waals surface area contributed by atoms with Gasteiger partial charge in [0.1, 0.15) is 146 Å². The van der Waals surface area contributed by atoms with E-state index in [1.54, 1.807) is 0 Å². The van der Waals surface area contributed by atoms with Crippen LogP contribution in [0.1, 0.15) is 91.4 Å². The van der Waals surface area contributed by atoms with E-state index in [-0.39, 0.29) is 75.7 Å². The molecule has 8 rings (SSSR count). The van der Waals surface area contributed by atoms with Gasteiger partial charge in [-0.15, -0.1) is 0 Å². The first-order chi connectivity index (χ1) is 55.5. The van der Waals surface area contributed by atoms with Crippen molar-refractivity contribution in [2.45, 2.75) is 299 Å². The molecule has 45 nitrogen and oxygen atoms in total. The van der Waals surface area contributed by atoms with Crippen LogP contribution in [0.25, 0.3) is 0 Å². The molecule has 0 aromatic heterocycles. The van der Waals surface area contributed by atoms with Crippen LogP contribution in [0.3, 0.4) is 0 Å². The number of amides is 7. The molecule has 46 heteroatoms. The molecule has 0 radical (unpaired) electrons. The zero-order valence-corrected chi connectivity index (χ0v) is 65.6. The van der Waals surface area contributed by atoms with Gasteiger partial charge in [-0.05, 0) is 39.0 Å². The van der Waals surface area contributed by atoms with E-state index in [0.29, 0.717) is 76.7 Å². The van der Waals surface area contributed by atoms with Crippen molar-refractivity contribution >= 4 is 47.3 Å². The average molecular weight is 1700 g/mol. The fourth-order valence-electron chi connectivity index (χ4n) is 14.6. The Morgan fingerprint density at radius 2 is 0.940 bits per heavy atom. The number of aliphatic hydroxyl groups excluding tert-OH is 17. The van der Waals surface area contributed by atoms with Crippen molar-refractivity contribution in [1.82, 2.24) is 37.2 Å². The summed E-state index contributed by atoms with van der Waals surface area (Å²) in [5, 5.41) is 206. The van der Waals surface area contributed by atoms with Crippen molar-refractivity contribution in [3.8, 4) is 0 Å². The third kappa shape index (κ3) is 27.1. The van der Waals surface area contributed by atoms with Gasteiger partial charge in [-0.1, -0.05) is 25.7 Å². The van der Waals surface area contributed by atoms with Crippen molar-refractivity contribution in [2.24, 2.45) is 0 Å². The molecule has 7 amide bonds. The summed E-state index contributed by atoms with van der Waals surface area (Å²) in [5.41, 5.74) is 0. The third-order valence-electron chi connectivity index (χ3n) is 21.0. The molecule has 0 bridgehead atoms. The van der Waals surface area contributed by atoms with Crippen molar-refractivity contribution in [2.75, 3.05) is 105 Å². The molecule has 0 aliphatic carbocycles. The van der Waals surface area contributed by atoms with E-state index in [1.165, 1.54) is 13.8 Å². The molecule has 0 aromatic carbocycles. The number of aliphatic hydroxyl groups is 17. The predicted octanol–water partition coefficient (Wildman–Crippen LogP) is -11.5. The van der Waals surface area contributed by atoms with Crippen molar-refractivity contribution < 1.29 is 187 Å². The lowest BCUT2D eigenvalue weighted by Gasteiger charge is -2.51. The topological polar surface area (TPSA) is 669 Å². The van der Waals surface area contributed by atoms with E-state index in [9.17, 15) is 116 Å². The predicted molar refractivity (Wildman–Crippen MR) is 388 cm³/mol. The van der Waals surface area contributed by atoms with Crippen molar-refractivity contribution in [1.29, 1.82) is 0 Å². The SMILES string of the molecule is CC(=O)N[C@H]1[C@H](O[C@H]2[C@@H](O)[C@@H](CO)O[C@@H](O[C@@H]3[C@H](O)[C@@H](O)[C@H](O[C@H]4[C@H](O)[C@@H](O)[C@H](OCCCCCC[C@H](NC(C)=O)C(=O)NCCCNC(=O)CCOCCOCCOCCNC(=O)CCCC[C@@H]5SC[C@@H]6NC(=O)N[C@@H]65)O[C@@H]4CO)O[C@@H]3CO)[C@@H]2O)O[C@H](CO)[C@H](O)[C@@H]1O[C@@H]1O[C@H](CO)[C@H](O)[C@H](O)[C@H]1O[C@@H]1O[C@@H](C)[C@@H](O)[C@@H](O)[C@@H]1O. The standard InChI is InChI=1S/C70H121N7O38S/c1-31-46(87)50(91)54(95)66(105-31)115-62-51(92)47(88)36(25-78)108-69(62)113-60-45(75-33(3)84)64(106-37(26-79)48(60)89)114-61-49(90)38(27-80)107-68(57(61)98)112-59-40(29-82)110-67(56(97)53(59)94)111-58-39(28-81)109-65(55(96)52(58)93)104-18-9-5-4-6-11-34(74-32(2)83)63(99)73-16-10-15-71-43(86)14-19-101-21-23-103-24-22-102-20-17-72-42(85)13-8-7-12-41-44-35(30-116-41)76-70(100)77-44/h31,34-41,44-62,64-69,78-82,87-98H,4-30H2,1-3H3,(H,71,86)(H,72,85)(H,73,99)(H,74,83)(H,75,84)(H2,76,77,100)/t31-,34-,35-,36+,37+,38+,39+,40+,41-,44-,45+,46+,47-,48-,49-,50+,51-,52+,53+,54-,55+,56+,57+,58+,59-,60+,61-,62+,64-,65+,66-,67-,68-,69-/m0/s1. The molecular formula is C70H121N7O38S. The first-order valence-electron chi connectivity index (χ1n) is 39.3. The first-order valence-corrected chi connectivity index (χ1v) is 40.4. The van der Waals surface area contributed by atoms with Gasteiger partial charge in [0.05, 0.1) is 90.9 Å². The smallest absolute Gasteiger partial charge is 0.315 e. The third-order valence-corrected chi connectivity index (χ3v) is 22.5. The van der Waals surface area contributed by atoms with E-state index in [2.05, 4.69) is 37.2 Å². The number of nitrogens with one attached hydrogen (secondary N) is 7. The maximum atomic E-state index is 13.1.